The predicted octanol–water partition coefficient (Wildman–Crippen LogP) is 1.76. The van der Waals surface area contributed by atoms with Gasteiger partial charge in [-0.15, -0.1) is 0 Å². The first kappa shape index (κ1) is 9.74. The van der Waals surface area contributed by atoms with Gasteiger partial charge in [0.05, 0.1) is 5.02 Å². The van der Waals surface area contributed by atoms with Crippen molar-refractivity contribution in [2.75, 3.05) is 25.0 Å². The van der Waals surface area contributed by atoms with Crippen molar-refractivity contribution in [2.45, 2.75) is 6.42 Å². The minimum absolute atomic E-state index is 0.693. The molecule has 2 N–H and O–H groups in total. The minimum atomic E-state index is 0.693. The lowest BCUT2D eigenvalue weighted by molar-refractivity contribution is 0.614. The second-order valence-electron chi connectivity index (χ2n) is 3.57. The molecule has 2 rings (SSSR count). The number of aromatic nitrogens is 1. The highest BCUT2D eigenvalue weighted by atomic mass is 35.5. The van der Waals surface area contributed by atoms with E-state index in [1.807, 2.05) is 12.1 Å². The summed E-state index contributed by atoms with van der Waals surface area (Å²) in [5, 5.41) is 7.29. The first-order chi connectivity index (χ1) is 6.86. The summed E-state index contributed by atoms with van der Waals surface area (Å²) in [4.78, 5) is 4.18. The maximum atomic E-state index is 5.97. The fourth-order valence-corrected chi connectivity index (χ4v) is 1.83. The van der Waals surface area contributed by atoms with Crippen molar-refractivity contribution in [3.63, 3.8) is 0 Å². The smallest absolute Gasteiger partial charge is 0.144 e. The van der Waals surface area contributed by atoms with Crippen molar-refractivity contribution < 1.29 is 0 Å². The number of anilines is 1. The Bertz CT molecular complexity index is 297. The van der Waals surface area contributed by atoms with Gasteiger partial charge in [-0.05, 0) is 37.6 Å². The molecule has 1 aliphatic heterocycles. The molecule has 1 saturated heterocycles. The van der Waals surface area contributed by atoms with E-state index in [4.69, 9.17) is 11.6 Å². The van der Waals surface area contributed by atoms with Gasteiger partial charge in [0.25, 0.3) is 0 Å². The molecule has 1 aromatic rings. The SMILES string of the molecule is Clc1cccnc1NCC1CCNC1. The summed E-state index contributed by atoms with van der Waals surface area (Å²) in [7, 11) is 0. The van der Waals surface area contributed by atoms with E-state index in [2.05, 4.69) is 15.6 Å². The van der Waals surface area contributed by atoms with Crippen molar-refractivity contribution >= 4 is 17.4 Å². The molecule has 2 heterocycles. The lowest BCUT2D eigenvalue weighted by Gasteiger charge is -2.11. The molecular formula is C10H14ClN3. The lowest BCUT2D eigenvalue weighted by atomic mass is 10.1. The summed E-state index contributed by atoms with van der Waals surface area (Å²) in [6, 6.07) is 3.69. The van der Waals surface area contributed by atoms with Crippen LogP contribution in [0.1, 0.15) is 6.42 Å². The predicted molar refractivity (Wildman–Crippen MR) is 58.7 cm³/mol. The normalized spacial score (nSPS) is 21.1. The van der Waals surface area contributed by atoms with E-state index in [1.165, 1.54) is 6.42 Å². The summed E-state index contributed by atoms with van der Waals surface area (Å²) in [5.74, 6) is 1.49. The minimum Gasteiger partial charge on any atom is -0.369 e. The number of pyridine rings is 1. The summed E-state index contributed by atoms with van der Waals surface area (Å²) in [6.45, 7) is 3.17. The van der Waals surface area contributed by atoms with E-state index in [9.17, 15) is 0 Å². The number of nitrogens with one attached hydrogen (secondary N) is 2. The maximum Gasteiger partial charge on any atom is 0.144 e. The molecule has 1 aromatic heterocycles. The zero-order valence-corrected chi connectivity index (χ0v) is 8.72. The Labute approximate surface area is 88.9 Å². The Morgan fingerprint density at radius 3 is 3.29 bits per heavy atom. The van der Waals surface area contributed by atoms with E-state index in [-0.39, 0.29) is 0 Å². The van der Waals surface area contributed by atoms with Crippen LogP contribution in [0.15, 0.2) is 18.3 Å². The van der Waals surface area contributed by atoms with Gasteiger partial charge in [0.1, 0.15) is 5.82 Å². The third-order valence-electron chi connectivity index (χ3n) is 2.48. The quantitative estimate of drug-likeness (QED) is 0.800. The van der Waals surface area contributed by atoms with Crippen LogP contribution in [0.5, 0.6) is 0 Å². The second-order valence-corrected chi connectivity index (χ2v) is 3.98. The van der Waals surface area contributed by atoms with E-state index in [1.54, 1.807) is 6.20 Å². The fourth-order valence-electron chi connectivity index (χ4n) is 1.65. The molecule has 1 atom stereocenters. The fraction of sp³-hybridized carbons (Fsp3) is 0.500. The van der Waals surface area contributed by atoms with Crippen LogP contribution in [0.4, 0.5) is 5.82 Å². The number of rotatable bonds is 3. The van der Waals surface area contributed by atoms with E-state index in [0.29, 0.717) is 10.9 Å². The Morgan fingerprint density at radius 2 is 2.57 bits per heavy atom. The molecule has 14 heavy (non-hydrogen) atoms. The Balaban J connectivity index is 1.88. The molecule has 1 fully saturated rings. The molecular weight excluding hydrogens is 198 g/mol. The summed E-state index contributed by atoms with van der Waals surface area (Å²) in [6.07, 6.45) is 2.98. The van der Waals surface area contributed by atoms with Gasteiger partial charge in [-0.25, -0.2) is 4.98 Å². The average molecular weight is 212 g/mol. The third-order valence-corrected chi connectivity index (χ3v) is 2.78. The van der Waals surface area contributed by atoms with E-state index >= 15 is 0 Å². The molecule has 3 nitrogen and oxygen atoms in total. The van der Waals surface area contributed by atoms with Crippen molar-refractivity contribution in [1.82, 2.24) is 10.3 Å². The highest BCUT2D eigenvalue weighted by molar-refractivity contribution is 6.32. The highest BCUT2D eigenvalue weighted by Gasteiger charge is 2.14. The number of hydrogen-bond donors (Lipinski definition) is 2. The van der Waals surface area contributed by atoms with Gasteiger partial charge in [0.2, 0.25) is 0 Å². The van der Waals surface area contributed by atoms with Crippen molar-refractivity contribution in [1.29, 1.82) is 0 Å². The summed E-state index contributed by atoms with van der Waals surface area (Å²) in [5.41, 5.74) is 0. The van der Waals surface area contributed by atoms with E-state index in [0.717, 1.165) is 25.5 Å². The van der Waals surface area contributed by atoms with Crippen LogP contribution in [0.2, 0.25) is 5.02 Å². The number of hydrogen-bond acceptors (Lipinski definition) is 3. The molecule has 0 amide bonds. The largest absolute Gasteiger partial charge is 0.369 e. The van der Waals surface area contributed by atoms with Gasteiger partial charge < -0.3 is 10.6 Å². The molecule has 1 unspecified atom stereocenters. The van der Waals surface area contributed by atoms with Gasteiger partial charge in [-0.2, -0.15) is 0 Å². The number of nitrogens with zero attached hydrogens (tertiary/aromatic N) is 1. The molecule has 0 saturated carbocycles. The van der Waals surface area contributed by atoms with Gasteiger partial charge in [-0.3, -0.25) is 0 Å². The molecule has 0 bridgehead atoms. The molecule has 1 aliphatic rings. The zero-order valence-electron chi connectivity index (χ0n) is 7.96. The third kappa shape index (κ3) is 2.36. The van der Waals surface area contributed by atoms with Crippen LogP contribution in [0.3, 0.4) is 0 Å². The Kier molecular flexibility index (Phi) is 3.22. The molecule has 4 heteroatoms. The summed E-state index contributed by atoms with van der Waals surface area (Å²) < 4.78 is 0. The van der Waals surface area contributed by atoms with E-state index < -0.39 is 0 Å². The monoisotopic (exact) mass is 211 g/mol. The van der Waals surface area contributed by atoms with Gasteiger partial charge in [0.15, 0.2) is 0 Å². The molecule has 0 radical (unpaired) electrons. The topological polar surface area (TPSA) is 37.0 Å². The van der Waals surface area contributed by atoms with Crippen LogP contribution in [-0.2, 0) is 0 Å². The summed E-state index contributed by atoms with van der Waals surface area (Å²) >= 11 is 5.97. The number of halogens is 1. The molecule has 0 aromatic carbocycles. The average Bonchev–Trinajstić information content (AvgIpc) is 2.69. The van der Waals surface area contributed by atoms with Crippen LogP contribution < -0.4 is 10.6 Å². The molecule has 76 valence electrons. The van der Waals surface area contributed by atoms with Crippen molar-refractivity contribution in [3.8, 4) is 0 Å². The first-order valence-electron chi connectivity index (χ1n) is 4.91. The van der Waals surface area contributed by atoms with Crippen LogP contribution >= 0.6 is 11.6 Å². The van der Waals surface area contributed by atoms with Crippen LogP contribution in [-0.4, -0.2) is 24.6 Å². The lowest BCUT2D eigenvalue weighted by Crippen LogP contribution is -2.17. The van der Waals surface area contributed by atoms with Crippen molar-refractivity contribution in [2.24, 2.45) is 5.92 Å². The second kappa shape index (κ2) is 4.62. The Hall–Kier alpha value is -0.800. The zero-order chi connectivity index (χ0) is 9.80. The van der Waals surface area contributed by atoms with Gasteiger partial charge >= 0.3 is 0 Å². The van der Waals surface area contributed by atoms with Crippen LogP contribution in [0, 0.1) is 5.92 Å². The molecule has 0 aliphatic carbocycles. The van der Waals surface area contributed by atoms with Crippen LogP contribution in [0.25, 0.3) is 0 Å². The van der Waals surface area contributed by atoms with Crippen molar-refractivity contribution in [3.05, 3.63) is 23.4 Å². The first-order valence-corrected chi connectivity index (χ1v) is 5.29. The maximum absolute atomic E-state index is 5.97. The Morgan fingerprint density at radius 1 is 1.64 bits per heavy atom. The van der Waals surface area contributed by atoms with Gasteiger partial charge in [-0.1, -0.05) is 11.6 Å². The standard InChI is InChI=1S/C10H14ClN3/c11-9-2-1-4-13-10(9)14-7-8-3-5-12-6-8/h1-2,4,8,12H,3,5-7H2,(H,13,14). The van der Waals surface area contributed by atoms with Gasteiger partial charge in [0, 0.05) is 12.7 Å². The highest BCUT2D eigenvalue weighted by Crippen LogP contribution is 2.18. The molecule has 0 spiro atoms.